The summed E-state index contributed by atoms with van der Waals surface area (Å²) in [6, 6.07) is 4.22. The van der Waals surface area contributed by atoms with Gasteiger partial charge >= 0.3 is 0 Å². The molecule has 8 nitrogen and oxygen atoms in total. The van der Waals surface area contributed by atoms with Crippen molar-refractivity contribution in [1.29, 1.82) is 0 Å². The molecule has 0 saturated carbocycles. The van der Waals surface area contributed by atoms with Gasteiger partial charge in [0.1, 0.15) is 16.8 Å². The number of fused-ring (bicyclic) bond motifs is 1. The number of aryl methyl sites for hydroxylation is 2. The van der Waals surface area contributed by atoms with Crippen LogP contribution in [0.2, 0.25) is 0 Å². The van der Waals surface area contributed by atoms with Gasteiger partial charge in [-0.2, -0.15) is 10.2 Å². The Kier molecular flexibility index (Phi) is 5.39. The molecule has 1 N–H and O–H groups in total. The summed E-state index contributed by atoms with van der Waals surface area (Å²) in [5, 5.41) is 12.6. The number of nitrogens with zero attached hydrogens (tertiary/aromatic N) is 6. The highest BCUT2D eigenvalue weighted by molar-refractivity contribution is 5.93. The van der Waals surface area contributed by atoms with E-state index in [1.807, 2.05) is 44.0 Å². The number of aromatic nitrogens is 6. The quantitative estimate of drug-likeness (QED) is 0.498. The van der Waals surface area contributed by atoms with E-state index < -0.39 is 0 Å². The van der Waals surface area contributed by atoms with Gasteiger partial charge in [0.15, 0.2) is 0 Å². The maximum atomic E-state index is 5.79. The lowest BCUT2D eigenvalue weighted by molar-refractivity contribution is 0.340. The van der Waals surface area contributed by atoms with Crippen LogP contribution in [0.1, 0.15) is 38.1 Å². The summed E-state index contributed by atoms with van der Waals surface area (Å²) in [7, 11) is 1.92. The normalized spacial score (nSPS) is 11.4. The predicted octanol–water partition coefficient (Wildman–Crippen LogP) is 4.13. The first-order valence-corrected chi connectivity index (χ1v) is 10.2. The number of anilines is 1. The standard InChI is InChI=1S/C22H27N7O/c1-6-30-20-12-23-8-7-17(20)18-9-19(24-10-16-11-25-28(5)13-16)22-21(26-18)15(4)27-29(22)14(2)3/h7-9,11-14H,6,10H2,1-5H3,(H,24,26). The molecule has 0 bridgehead atoms. The maximum Gasteiger partial charge on any atom is 0.146 e. The molecule has 0 radical (unpaired) electrons. The van der Waals surface area contributed by atoms with Gasteiger partial charge in [0, 0.05) is 43.2 Å². The number of pyridine rings is 2. The van der Waals surface area contributed by atoms with E-state index in [0.29, 0.717) is 13.2 Å². The van der Waals surface area contributed by atoms with E-state index in [9.17, 15) is 0 Å². The second-order valence-corrected chi connectivity index (χ2v) is 7.56. The average molecular weight is 406 g/mol. The smallest absolute Gasteiger partial charge is 0.146 e. The van der Waals surface area contributed by atoms with Crippen LogP contribution in [0.3, 0.4) is 0 Å². The van der Waals surface area contributed by atoms with Crippen LogP contribution in [-0.4, -0.2) is 36.1 Å². The number of nitrogens with one attached hydrogen (secondary N) is 1. The van der Waals surface area contributed by atoms with Gasteiger partial charge in [-0.15, -0.1) is 0 Å². The van der Waals surface area contributed by atoms with E-state index in [4.69, 9.17) is 14.8 Å². The number of ether oxygens (including phenoxy) is 1. The van der Waals surface area contributed by atoms with E-state index >= 15 is 0 Å². The Morgan fingerprint density at radius 2 is 2.07 bits per heavy atom. The highest BCUT2D eigenvalue weighted by Crippen LogP contribution is 2.35. The van der Waals surface area contributed by atoms with Gasteiger partial charge in [0.25, 0.3) is 0 Å². The Balaban J connectivity index is 1.86. The third-order valence-electron chi connectivity index (χ3n) is 4.91. The Hall–Kier alpha value is -3.42. The minimum absolute atomic E-state index is 0.215. The van der Waals surface area contributed by atoms with Gasteiger partial charge in [-0.3, -0.25) is 14.3 Å². The van der Waals surface area contributed by atoms with Crippen LogP contribution in [0.15, 0.2) is 36.9 Å². The van der Waals surface area contributed by atoms with Gasteiger partial charge < -0.3 is 10.1 Å². The Morgan fingerprint density at radius 1 is 1.23 bits per heavy atom. The van der Waals surface area contributed by atoms with Crippen molar-refractivity contribution in [3.63, 3.8) is 0 Å². The van der Waals surface area contributed by atoms with Crippen LogP contribution in [0, 0.1) is 6.92 Å². The molecule has 0 fully saturated rings. The average Bonchev–Trinajstić information content (AvgIpc) is 3.30. The van der Waals surface area contributed by atoms with Crippen molar-refractivity contribution >= 4 is 16.7 Å². The predicted molar refractivity (Wildman–Crippen MR) is 118 cm³/mol. The number of hydrogen-bond donors (Lipinski definition) is 1. The molecule has 0 amide bonds. The number of rotatable bonds is 7. The van der Waals surface area contributed by atoms with Crippen molar-refractivity contribution in [3.8, 4) is 17.0 Å². The summed E-state index contributed by atoms with van der Waals surface area (Å²) in [5.74, 6) is 0.721. The second kappa shape index (κ2) is 8.14. The van der Waals surface area contributed by atoms with E-state index in [1.165, 1.54) is 0 Å². The first-order chi connectivity index (χ1) is 14.5. The van der Waals surface area contributed by atoms with Crippen molar-refractivity contribution in [2.45, 2.75) is 40.3 Å². The molecule has 30 heavy (non-hydrogen) atoms. The summed E-state index contributed by atoms with van der Waals surface area (Å²) in [6.45, 7) is 9.44. The monoisotopic (exact) mass is 405 g/mol. The molecule has 4 heterocycles. The van der Waals surface area contributed by atoms with E-state index in [1.54, 1.807) is 17.1 Å². The zero-order valence-corrected chi connectivity index (χ0v) is 18.0. The SMILES string of the molecule is CCOc1cnccc1-c1cc(NCc2cnn(C)c2)c2c(n1)c(C)nn2C(C)C. The lowest BCUT2D eigenvalue weighted by Crippen LogP contribution is -2.07. The molecule has 0 aromatic carbocycles. The van der Waals surface area contributed by atoms with Crippen molar-refractivity contribution < 1.29 is 4.74 Å². The van der Waals surface area contributed by atoms with Crippen LogP contribution in [0.25, 0.3) is 22.3 Å². The molecule has 4 aromatic rings. The molecule has 156 valence electrons. The van der Waals surface area contributed by atoms with E-state index in [2.05, 4.69) is 35.3 Å². The van der Waals surface area contributed by atoms with Gasteiger partial charge in [-0.05, 0) is 39.8 Å². The highest BCUT2D eigenvalue weighted by Gasteiger charge is 2.19. The van der Waals surface area contributed by atoms with Gasteiger partial charge in [-0.1, -0.05) is 0 Å². The number of hydrogen-bond acceptors (Lipinski definition) is 6. The van der Waals surface area contributed by atoms with E-state index in [0.717, 1.165) is 45.0 Å². The summed E-state index contributed by atoms with van der Waals surface area (Å²) in [4.78, 5) is 9.17. The summed E-state index contributed by atoms with van der Waals surface area (Å²) >= 11 is 0. The van der Waals surface area contributed by atoms with Crippen LogP contribution in [0.4, 0.5) is 5.69 Å². The van der Waals surface area contributed by atoms with Crippen molar-refractivity contribution in [2.75, 3.05) is 11.9 Å². The summed E-state index contributed by atoms with van der Waals surface area (Å²) in [6.07, 6.45) is 7.37. The van der Waals surface area contributed by atoms with Gasteiger partial charge in [0.05, 0.1) is 36.1 Å². The topological polar surface area (TPSA) is 82.7 Å². The Morgan fingerprint density at radius 3 is 2.77 bits per heavy atom. The lowest BCUT2D eigenvalue weighted by Gasteiger charge is -2.15. The summed E-state index contributed by atoms with van der Waals surface area (Å²) < 4.78 is 9.63. The molecule has 0 aliphatic rings. The lowest BCUT2D eigenvalue weighted by atomic mass is 10.1. The van der Waals surface area contributed by atoms with Crippen molar-refractivity contribution in [1.82, 2.24) is 29.5 Å². The van der Waals surface area contributed by atoms with Crippen LogP contribution in [0.5, 0.6) is 5.75 Å². The molecular formula is C22H27N7O. The second-order valence-electron chi connectivity index (χ2n) is 7.56. The molecule has 0 aliphatic carbocycles. The zero-order valence-electron chi connectivity index (χ0n) is 18.0. The summed E-state index contributed by atoms with van der Waals surface area (Å²) in [5.41, 5.74) is 6.61. The molecule has 0 aliphatic heterocycles. The third-order valence-corrected chi connectivity index (χ3v) is 4.91. The molecule has 4 rings (SSSR count). The largest absolute Gasteiger partial charge is 0.492 e. The first-order valence-electron chi connectivity index (χ1n) is 10.2. The van der Waals surface area contributed by atoms with Gasteiger partial charge in [-0.25, -0.2) is 4.98 Å². The van der Waals surface area contributed by atoms with Crippen LogP contribution < -0.4 is 10.1 Å². The first kappa shape index (κ1) is 19.9. The fourth-order valence-corrected chi connectivity index (χ4v) is 3.55. The van der Waals surface area contributed by atoms with Gasteiger partial charge in [0.2, 0.25) is 0 Å². The molecule has 4 aromatic heterocycles. The van der Waals surface area contributed by atoms with Crippen molar-refractivity contribution in [2.24, 2.45) is 7.05 Å². The minimum Gasteiger partial charge on any atom is -0.492 e. The molecule has 0 saturated heterocycles. The Bertz CT molecular complexity index is 1180. The van der Waals surface area contributed by atoms with Crippen LogP contribution >= 0.6 is 0 Å². The highest BCUT2D eigenvalue weighted by atomic mass is 16.5. The fraction of sp³-hybridized carbons (Fsp3) is 0.364. The minimum atomic E-state index is 0.215. The molecule has 8 heteroatoms. The van der Waals surface area contributed by atoms with Crippen LogP contribution in [-0.2, 0) is 13.6 Å². The molecule has 0 unspecified atom stereocenters. The van der Waals surface area contributed by atoms with Crippen molar-refractivity contribution in [3.05, 3.63) is 48.2 Å². The molecule has 0 atom stereocenters. The fourth-order valence-electron chi connectivity index (χ4n) is 3.55. The zero-order chi connectivity index (χ0) is 21.3. The maximum absolute atomic E-state index is 5.79. The Labute approximate surface area is 175 Å². The third kappa shape index (κ3) is 3.72. The molecule has 0 spiro atoms. The molecular weight excluding hydrogens is 378 g/mol. The van der Waals surface area contributed by atoms with E-state index in [-0.39, 0.29) is 6.04 Å².